The first-order valence-corrected chi connectivity index (χ1v) is 8.68. The van der Waals surface area contributed by atoms with Crippen molar-refractivity contribution in [1.82, 2.24) is 0 Å². The van der Waals surface area contributed by atoms with Gasteiger partial charge in [-0.15, -0.1) is 59.3 Å². The second-order valence-electron chi connectivity index (χ2n) is 5.75. The Morgan fingerprint density at radius 1 is 0.680 bits per heavy atom. The molecule has 0 unspecified atom stereocenters. The third kappa shape index (κ3) is 8.05. The summed E-state index contributed by atoms with van der Waals surface area (Å²) in [7, 11) is 2.11. The Balaban J connectivity index is 0.000000346. The maximum atomic E-state index is 2.12. The molecule has 1 aliphatic rings. The van der Waals surface area contributed by atoms with E-state index >= 15 is 0 Å². The van der Waals surface area contributed by atoms with Gasteiger partial charge in [-0.1, -0.05) is 30.5 Å². The third-order valence-corrected chi connectivity index (χ3v) is 4.61. The summed E-state index contributed by atoms with van der Waals surface area (Å²) in [6, 6.07) is 29.3. The van der Waals surface area contributed by atoms with Crippen LogP contribution in [0, 0.1) is 0 Å². The van der Waals surface area contributed by atoms with Gasteiger partial charge >= 0.3 is 26.2 Å². The normalized spacial score (nSPS) is 11.6. The third-order valence-electron chi connectivity index (χ3n) is 3.79. The molecule has 0 spiro atoms. The van der Waals surface area contributed by atoms with Gasteiger partial charge in [-0.2, -0.15) is 35.0 Å². The molecule has 0 aliphatic heterocycles. The van der Waals surface area contributed by atoms with Crippen LogP contribution in [0.15, 0.2) is 84.9 Å². The molecule has 0 aromatic heterocycles. The summed E-state index contributed by atoms with van der Waals surface area (Å²) in [6.07, 6.45) is 3.00. The van der Waals surface area contributed by atoms with E-state index in [-0.39, 0.29) is 51.0 Å². The maximum Gasteiger partial charge on any atom is 4.00 e. The van der Waals surface area contributed by atoms with Crippen molar-refractivity contribution in [1.29, 1.82) is 0 Å². The van der Waals surface area contributed by atoms with Crippen molar-refractivity contribution in [3.05, 3.63) is 84.9 Å². The monoisotopic (exact) mass is 461 g/mol. The van der Waals surface area contributed by atoms with Crippen molar-refractivity contribution < 1.29 is 51.0 Å². The van der Waals surface area contributed by atoms with E-state index in [0.29, 0.717) is 0 Å². The van der Waals surface area contributed by atoms with Crippen LogP contribution < -0.4 is 24.8 Å². The summed E-state index contributed by atoms with van der Waals surface area (Å²) in [4.78, 5) is 0. The predicted molar refractivity (Wildman–Crippen MR) is 101 cm³/mol. The molecule has 25 heavy (non-hydrogen) atoms. The minimum atomic E-state index is 0. The molecule has 0 N–H and O–H groups in total. The molecule has 1 aliphatic carbocycles. The maximum absolute atomic E-state index is 2.12. The molecular formula is C21H21Cl2SiZr. The van der Waals surface area contributed by atoms with E-state index in [9.17, 15) is 0 Å². The summed E-state index contributed by atoms with van der Waals surface area (Å²) >= 11 is 0. The van der Waals surface area contributed by atoms with Gasteiger partial charge in [0.05, 0.1) is 0 Å². The number of hydrogen-bond donors (Lipinski definition) is 0. The van der Waals surface area contributed by atoms with Crippen molar-refractivity contribution in [3.8, 4) is 0 Å². The van der Waals surface area contributed by atoms with E-state index in [1.165, 1.54) is 34.4 Å². The van der Waals surface area contributed by atoms with Crippen LogP contribution >= 0.6 is 0 Å². The van der Waals surface area contributed by atoms with Gasteiger partial charge in [0, 0.05) is 10.2 Å². The van der Waals surface area contributed by atoms with Gasteiger partial charge in [0.2, 0.25) is 0 Å². The Kier molecular flexibility index (Phi) is 12.3. The van der Waals surface area contributed by atoms with Crippen LogP contribution in [-0.2, 0) is 26.2 Å². The fraction of sp³-hybridized carbons (Fsp3) is 0.143. The van der Waals surface area contributed by atoms with E-state index < -0.39 is 0 Å². The Morgan fingerprint density at radius 3 is 1.36 bits per heavy atom. The van der Waals surface area contributed by atoms with Crippen LogP contribution in [0.1, 0.15) is 12.8 Å². The second kappa shape index (κ2) is 12.7. The van der Waals surface area contributed by atoms with Gasteiger partial charge in [-0.3, -0.25) is 0 Å². The van der Waals surface area contributed by atoms with Gasteiger partial charge < -0.3 is 24.8 Å². The molecule has 0 saturated heterocycles. The SMILES string of the molecule is [Cl-].[Cl-].[SiH2]C1CC1.[Zr+4].c1ccc2[cH-]ccc2c1.c1ccc2[cH-]ccc2c1. The minimum absolute atomic E-state index is 0. The molecule has 1 saturated carbocycles. The smallest absolute Gasteiger partial charge is 1.00 e. The quantitative estimate of drug-likeness (QED) is 0.240. The summed E-state index contributed by atoms with van der Waals surface area (Å²) in [6.45, 7) is 0. The van der Waals surface area contributed by atoms with Crippen molar-refractivity contribution in [3.63, 3.8) is 0 Å². The number of rotatable bonds is 0. The minimum Gasteiger partial charge on any atom is -1.00 e. The standard InChI is InChI=1S/2C9H7.C3H7Si.2ClH.Zr/c2*1-2-5-9-7-3-6-8(9)4-1;4-3-1-2-3;;;/h2*1-7H;3H,1-2,4H2;2*1H;/q2*-1;;;;+4/p-2. The molecule has 4 heteroatoms. The molecule has 0 bridgehead atoms. The summed E-state index contributed by atoms with van der Waals surface area (Å²) in [5, 5.41) is 5.32. The zero-order chi connectivity index (χ0) is 15.2. The number of fused-ring (bicyclic) bond motifs is 2. The van der Waals surface area contributed by atoms with Gasteiger partial charge in [0.25, 0.3) is 0 Å². The molecule has 1 fully saturated rings. The van der Waals surface area contributed by atoms with Crippen LogP contribution in [0.2, 0.25) is 5.54 Å². The fourth-order valence-electron chi connectivity index (χ4n) is 2.26. The predicted octanol–water partition coefficient (Wildman–Crippen LogP) is -0.675. The zero-order valence-corrected chi connectivity index (χ0v) is 19.4. The fourth-order valence-corrected chi connectivity index (χ4v) is 2.49. The van der Waals surface area contributed by atoms with Crippen LogP contribution in [-0.4, -0.2) is 10.2 Å². The van der Waals surface area contributed by atoms with Gasteiger partial charge in [0.15, 0.2) is 0 Å². The Labute approximate surface area is 185 Å². The average Bonchev–Trinajstić information content (AvgIpc) is 3.07. The van der Waals surface area contributed by atoms with Crippen molar-refractivity contribution in [2.75, 3.05) is 0 Å². The van der Waals surface area contributed by atoms with Crippen LogP contribution in [0.5, 0.6) is 0 Å². The van der Waals surface area contributed by atoms with Crippen LogP contribution in [0.25, 0.3) is 21.5 Å². The first-order valence-electron chi connectivity index (χ1n) is 7.87. The number of hydrogen-bond acceptors (Lipinski definition) is 0. The first-order chi connectivity index (χ1) is 10.8. The van der Waals surface area contributed by atoms with Crippen molar-refractivity contribution >= 4 is 31.8 Å². The molecule has 0 atom stereocenters. The van der Waals surface area contributed by atoms with E-state index in [1.807, 2.05) is 0 Å². The molecule has 0 nitrogen and oxygen atoms in total. The van der Waals surface area contributed by atoms with E-state index in [1.54, 1.807) is 0 Å². The van der Waals surface area contributed by atoms with Crippen LogP contribution in [0.4, 0.5) is 0 Å². The first kappa shape index (κ1) is 24.3. The largest absolute Gasteiger partial charge is 4.00 e. The molecule has 4 aromatic carbocycles. The summed E-state index contributed by atoms with van der Waals surface area (Å²) in [5.74, 6) is 0. The summed E-state index contributed by atoms with van der Waals surface area (Å²) < 4.78 is 0. The Bertz CT molecular complexity index is 707. The van der Waals surface area contributed by atoms with E-state index in [0.717, 1.165) is 5.54 Å². The van der Waals surface area contributed by atoms with Crippen molar-refractivity contribution in [2.45, 2.75) is 18.4 Å². The topological polar surface area (TPSA) is 0 Å². The van der Waals surface area contributed by atoms with E-state index in [2.05, 4.69) is 95.2 Å². The second-order valence-corrected chi connectivity index (χ2v) is 6.91. The molecule has 127 valence electrons. The summed E-state index contributed by atoms with van der Waals surface area (Å²) in [5.41, 5.74) is 1.11. The molecular weight excluding hydrogens is 442 g/mol. The number of benzene rings is 2. The van der Waals surface area contributed by atoms with Crippen LogP contribution in [0.3, 0.4) is 0 Å². The molecule has 0 heterocycles. The Hall–Kier alpha value is -0.660. The zero-order valence-electron chi connectivity index (χ0n) is 14.0. The molecule has 0 amide bonds. The van der Waals surface area contributed by atoms with Gasteiger partial charge in [0.1, 0.15) is 0 Å². The molecule has 4 aromatic rings. The Morgan fingerprint density at radius 2 is 1.04 bits per heavy atom. The van der Waals surface area contributed by atoms with E-state index in [4.69, 9.17) is 0 Å². The van der Waals surface area contributed by atoms with Gasteiger partial charge in [-0.25, -0.2) is 0 Å². The van der Waals surface area contributed by atoms with Gasteiger partial charge in [-0.05, 0) is 0 Å². The van der Waals surface area contributed by atoms with Crippen molar-refractivity contribution in [2.24, 2.45) is 0 Å². The molecule has 1 radical (unpaired) electrons. The molecule has 5 rings (SSSR count). The number of halogens is 2. The average molecular weight is 464 g/mol.